The molecule has 1 aromatic carbocycles. The topological polar surface area (TPSA) is 82.8 Å². The van der Waals surface area contributed by atoms with Gasteiger partial charge in [0, 0.05) is 24.9 Å². The Morgan fingerprint density at radius 3 is 2.20 bits per heavy atom. The molecular formula is C12H18BrClN2O4. The number of carbonyl (C=O) groups is 1. The lowest BCUT2D eigenvalue weighted by Gasteiger charge is -2.14. The van der Waals surface area contributed by atoms with E-state index in [9.17, 15) is 4.79 Å². The third-order valence-electron chi connectivity index (χ3n) is 2.40. The average Bonchev–Trinajstić information content (AvgIpc) is 2.40. The van der Waals surface area contributed by atoms with E-state index in [1.165, 1.54) is 21.3 Å². The summed E-state index contributed by atoms with van der Waals surface area (Å²) >= 11 is 3.35. The molecule has 0 saturated heterocycles. The fraction of sp³-hybridized carbons (Fsp3) is 0.417. The Balaban J connectivity index is 0.00000361. The number of hydrogen-bond acceptors (Lipinski definition) is 5. The van der Waals surface area contributed by atoms with Gasteiger partial charge in [-0.05, 0) is 15.9 Å². The summed E-state index contributed by atoms with van der Waals surface area (Å²) in [4.78, 5) is 11.8. The van der Waals surface area contributed by atoms with Crippen LogP contribution in [0.5, 0.6) is 11.5 Å². The maximum Gasteiger partial charge on any atom is 0.243 e. The molecule has 114 valence electrons. The molecule has 1 rings (SSSR count). The normalized spacial score (nSPS) is 11.2. The van der Waals surface area contributed by atoms with E-state index in [1.54, 1.807) is 12.1 Å². The first-order chi connectivity index (χ1) is 9.03. The van der Waals surface area contributed by atoms with Crippen molar-refractivity contribution in [2.75, 3.05) is 33.3 Å². The van der Waals surface area contributed by atoms with E-state index >= 15 is 0 Å². The Labute approximate surface area is 132 Å². The van der Waals surface area contributed by atoms with Crippen LogP contribution in [0.3, 0.4) is 0 Å². The highest BCUT2D eigenvalue weighted by Crippen LogP contribution is 2.37. The van der Waals surface area contributed by atoms with Crippen LogP contribution in [0, 0.1) is 0 Å². The molecule has 3 N–H and O–H groups in total. The first kappa shape index (κ1) is 19.0. The van der Waals surface area contributed by atoms with Gasteiger partial charge in [-0.3, -0.25) is 4.79 Å². The molecule has 1 amide bonds. The summed E-state index contributed by atoms with van der Waals surface area (Å²) in [5, 5.41) is 2.68. The number of halogens is 2. The highest BCUT2D eigenvalue weighted by Gasteiger charge is 2.16. The van der Waals surface area contributed by atoms with Crippen LogP contribution in [0.25, 0.3) is 0 Å². The number of nitrogens with two attached hydrogens (primary N) is 1. The molecule has 0 aliphatic rings. The van der Waals surface area contributed by atoms with Crippen LogP contribution >= 0.6 is 28.3 Å². The SMILES string of the molecule is COCC(N)C(=O)Nc1cc(OC)c(Br)c(OC)c1.Cl. The van der Waals surface area contributed by atoms with Crippen molar-refractivity contribution in [3.63, 3.8) is 0 Å². The number of carbonyl (C=O) groups excluding carboxylic acids is 1. The predicted octanol–water partition coefficient (Wildman–Crippen LogP) is 1.80. The molecule has 0 spiro atoms. The van der Waals surface area contributed by atoms with Gasteiger partial charge in [-0.1, -0.05) is 0 Å². The number of amides is 1. The third kappa shape index (κ3) is 4.82. The molecule has 0 saturated carbocycles. The molecule has 20 heavy (non-hydrogen) atoms. The Bertz CT molecular complexity index is 434. The largest absolute Gasteiger partial charge is 0.495 e. The predicted molar refractivity (Wildman–Crippen MR) is 83.0 cm³/mol. The highest BCUT2D eigenvalue weighted by molar-refractivity contribution is 9.10. The standard InChI is InChI=1S/C12H17BrN2O4.ClH/c1-17-6-8(14)12(16)15-7-4-9(18-2)11(13)10(5-7)19-3;/h4-5,8H,6,14H2,1-3H3,(H,15,16);1H. The number of ether oxygens (including phenoxy) is 3. The number of hydrogen-bond donors (Lipinski definition) is 2. The van der Waals surface area contributed by atoms with Crippen molar-refractivity contribution in [1.82, 2.24) is 0 Å². The lowest BCUT2D eigenvalue weighted by molar-refractivity contribution is -0.118. The van der Waals surface area contributed by atoms with Crippen molar-refractivity contribution in [3.05, 3.63) is 16.6 Å². The minimum atomic E-state index is -0.731. The molecule has 6 nitrogen and oxygen atoms in total. The van der Waals surface area contributed by atoms with Crippen molar-refractivity contribution in [2.45, 2.75) is 6.04 Å². The molecule has 0 aromatic heterocycles. The monoisotopic (exact) mass is 368 g/mol. The Morgan fingerprint density at radius 1 is 1.30 bits per heavy atom. The molecule has 1 atom stereocenters. The van der Waals surface area contributed by atoms with Crippen molar-refractivity contribution in [2.24, 2.45) is 5.73 Å². The van der Waals surface area contributed by atoms with E-state index in [0.717, 1.165) is 0 Å². The summed E-state index contributed by atoms with van der Waals surface area (Å²) in [6.45, 7) is 0.149. The molecule has 0 radical (unpaired) electrons. The fourth-order valence-corrected chi connectivity index (χ4v) is 1.98. The van der Waals surface area contributed by atoms with Gasteiger partial charge in [0.15, 0.2) is 0 Å². The van der Waals surface area contributed by atoms with Gasteiger partial charge in [0.25, 0.3) is 0 Å². The lowest BCUT2D eigenvalue weighted by Crippen LogP contribution is -2.39. The van der Waals surface area contributed by atoms with Crippen molar-refractivity contribution in [3.8, 4) is 11.5 Å². The van der Waals surface area contributed by atoms with Crippen LogP contribution < -0.4 is 20.5 Å². The van der Waals surface area contributed by atoms with Crippen molar-refractivity contribution >= 4 is 39.9 Å². The molecule has 0 aliphatic heterocycles. The van der Waals surface area contributed by atoms with Crippen LogP contribution in [0.4, 0.5) is 5.69 Å². The summed E-state index contributed by atoms with van der Waals surface area (Å²) < 4.78 is 15.9. The first-order valence-electron chi connectivity index (χ1n) is 5.50. The number of rotatable bonds is 6. The van der Waals surface area contributed by atoms with Gasteiger partial charge >= 0.3 is 0 Å². The number of nitrogens with one attached hydrogen (secondary N) is 1. The Kier molecular flexibility index (Phi) is 8.56. The van der Waals surface area contributed by atoms with E-state index in [4.69, 9.17) is 19.9 Å². The molecule has 1 unspecified atom stereocenters. The van der Waals surface area contributed by atoms with Gasteiger partial charge in [-0.2, -0.15) is 0 Å². The quantitative estimate of drug-likeness (QED) is 0.799. The molecular weight excluding hydrogens is 351 g/mol. The number of anilines is 1. The molecule has 0 bridgehead atoms. The molecule has 0 fully saturated rings. The summed E-state index contributed by atoms with van der Waals surface area (Å²) in [7, 11) is 4.54. The second-order valence-corrected chi connectivity index (χ2v) is 4.54. The maximum absolute atomic E-state index is 11.8. The van der Waals surface area contributed by atoms with Crippen molar-refractivity contribution < 1.29 is 19.0 Å². The highest BCUT2D eigenvalue weighted by atomic mass is 79.9. The van der Waals surface area contributed by atoms with Crippen molar-refractivity contribution in [1.29, 1.82) is 0 Å². The number of methoxy groups -OCH3 is 3. The molecule has 0 aliphatic carbocycles. The zero-order valence-corrected chi connectivity index (χ0v) is 13.8. The van der Waals surface area contributed by atoms with Crippen LogP contribution in [0.1, 0.15) is 0 Å². The first-order valence-corrected chi connectivity index (χ1v) is 6.29. The van der Waals surface area contributed by atoms with E-state index < -0.39 is 6.04 Å². The zero-order valence-electron chi connectivity index (χ0n) is 11.4. The van der Waals surface area contributed by atoms with Gasteiger partial charge in [-0.25, -0.2) is 0 Å². The van der Waals surface area contributed by atoms with Gasteiger partial charge in [0.05, 0.1) is 20.8 Å². The fourth-order valence-electron chi connectivity index (χ4n) is 1.43. The van der Waals surface area contributed by atoms with Gasteiger partial charge in [-0.15, -0.1) is 12.4 Å². The zero-order chi connectivity index (χ0) is 14.4. The Hall–Kier alpha value is -1.02. The van der Waals surface area contributed by atoms with Crippen LogP contribution in [-0.4, -0.2) is 39.9 Å². The molecule has 0 heterocycles. The second kappa shape index (κ2) is 9.02. The molecule has 1 aromatic rings. The summed E-state index contributed by atoms with van der Waals surface area (Å²) in [6.07, 6.45) is 0. The van der Waals surface area contributed by atoms with Crippen LogP contribution in [0.15, 0.2) is 16.6 Å². The van der Waals surface area contributed by atoms with Gasteiger partial charge in [0.2, 0.25) is 5.91 Å². The maximum atomic E-state index is 11.8. The smallest absolute Gasteiger partial charge is 0.243 e. The second-order valence-electron chi connectivity index (χ2n) is 3.75. The average molecular weight is 370 g/mol. The summed E-state index contributed by atoms with van der Waals surface area (Å²) in [5.74, 6) is 0.762. The minimum Gasteiger partial charge on any atom is -0.495 e. The van der Waals surface area contributed by atoms with E-state index in [0.29, 0.717) is 21.7 Å². The lowest BCUT2D eigenvalue weighted by atomic mass is 10.2. The van der Waals surface area contributed by atoms with Crippen LogP contribution in [0.2, 0.25) is 0 Å². The number of benzene rings is 1. The molecule has 8 heteroatoms. The van der Waals surface area contributed by atoms with Gasteiger partial charge in [0.1, 0.15) is 22.0 Å². The van der Waals surface area contributed by atoms with E-state index in [-0.39, 0.29) is 24.9 Å². The Morgan fingerprint density at radius 2 is 1.80 bits per heavy atom. The minimum absolute atomic E-state index is 0. The van der Waals surface area contributed by atoms with E-state index in [2.05, 4.69) is 21.2 Å². The van der Waals surface area contributed by atoms with E-state index in [1.807, 2.05) is 0 Å². The summed E-state index contributed by atoms with van der Waals surface area (Å²) in [5.41, 5.74) is 6.17. The summed E-state index contributed by atoms with van der Waals surface area (Å²) in [6, 6.07) is 2.61. The van der Waals surface area contributed by atoms with Crippen LogP contribution in [-0.2, 0) is 9.53 Å². The van der Waals surface area contributed by atoms with Gasteiger partial charge < -0.3 is 25.3 Å². The third-order valence-corrected chi connectivity index (χ3v) is 3.18.